The van der Waals surface area contributed by atoms with Gasteiger partial charge in [0.25, 0.3) is 0 Å². The molecule has 1 amide bonds. The lowest BCUT2D eigenvalue weighted by atomic mass is 10.1. The zero-order valence-corrected chi connectivity index (χ0v) is 14.1. The van der Waals surface area contributed by atoms with Crippen LogP contribution < -0.4 is 11.1 Å². The van der Waals surface area contributed by atoms with E-state index in [2.05, 4.69) is 15.2 Å². The number of hydrogen-bond acceptors (Lipinski definition) is 4. The number of likely N-dealkylation sites (tertiary alicyclic amines) is 1. The van der Waals surface area contributed by atoms with E-state index < -0.39 is 0 Å². The van der Waals surface area contributed by atoms with Gasteiger partial charge in [-0.3, -0.25) is 14.7 Å². The summed E-state index contributed by atoms with van der Waals surface area (Å²) < 4.78 is 0. The third-order valence-electron chi connectivity index (χ3n) is 5.30. The van der Waals surface area contributed by atoms with E-state index in [-0.39, 0.29) is 5.91 Å². The van der Waals surface area contributed by atoms with Gasteiger partial charge in [-0.1, -0.05) is 12.8 Å². The number of amides is 1. The molecule has 2 fully saturated rings. The first-order valence-corrected chi connectivity index (χ1v) is 8.88. The third-order valence-corrected chi connectivity index (χ3v) is 5.30. The molecule has 2 aliphatic rings. The Morgan fingerprint density at radius 1 is 1.35 bits per heavy atom. The molecule has 1 aliphatic carbocycles. The number of rotatable bonds is 5. The lowest BCUT2D eigenvalue weighted by Crippen LogP contribution is -2.36. The smallest absolute Gasteiger partial charge is 0.225 e. The molecular formula is C18H28N4O. The second-order valence-corrected chi connectivity index (χ2v) is 7.09. The van der Waals surface area contributed by atoms with Crippen LogP contribution in [0.2, 0.25) is 0 Å². The number of hydrogen-bond donors (Lipinski definition) is 2. The van der Waals surface area contributed by atoms with Gasteiger partial charge in [-0.05, 0) is 51.1 Å². The second-order valence-electron chi connectivity index (χ2n) is 7.09. The minimum Gasteiger partial charge on any atom is -0.397 e. The van der Waals surface area contributed by atoms with E-state index in [4.69, 9.17) is 5.73 Å². The minimum atomic E-state index is 0.0679. The molecule has 1 aliphatic heterocycles. The number of aryl methyl sites for hydroxylation is 1. The van der Waals surface area contributed by atoms with Crippen molar-refractivity contribution in [2.45, 2.75) is 57.9 Å². The van der Waals surface area contributed by atoms with Gasteiger partial charge in [-0.2, -0.15) is 0 Å². The Morgan fingerprint density at radius 3 is 2.87 bits per heavy atom. The van der Waals surface area contributed by atoms with Crippen LogP contribution in [0.4, 0.5) is 11.4 Å². The number of carbonyl (C=O) groups excluding carboxylic acids is 1. The first-order chi connectivity index (χ1) is 11.1. The zero-order chi connectivity index (χ0) is 16.2. The van der Waals surface area contributed by atoms with Gasteiger partial charge in [0.05, 0.1) is 23.3 Å². The molecule has 3 rings (SSSR count). The Hall–Kier alpha value is -1.62. The normalized spacial score (nSPS) is 22.6. The molecule has 5 heteroatoms. The summed E-state index contributed by atoms with van der Waals surface area (Å²) in [6.07, 6.45) is 10.1. The van der Waals surface area contributed by atoms with Gasteiger partial charge in [0.15, 0.2) is 0 Å². The van der Waals surface area contributed by atoms with Crippen LogP contribution in [0.5, 0.6) is 0 Å². The highest BCUT2D eigenvalue weighted by atomic mass is 16.1. The number of pyridine rings is 1. The fourth-order valence-electron chi connectivity index (χ4n) is 3.94. The number of nitrogens with two attached hydrogens (primary N) is 1. The molecule has 126 valence electrons. The van der Waals surface area contributed by atoms with Crippen molar-refractivity contribution in [1.82, 2.24) is 9.88 Å². The molecule has 1 aromatic heterocycles. The Kier molecular flexibility index (Phi) is 5.16. The Morgan fingerprint density at radius 2 is 2.13 bits per heavy atom. The van der Waals surface area contributed by atoms with E-state index in [1.165, 1.54) is 38.6 Å². The summed E-state index contributed by atoms with van der Waals surface area (Å²) in [4.78, 5) is 19.1. The van der Waals surface area contributed by atoms with Crippen molar-refractivity contribution in [1.29, 1.82) is 0 Å². The van der Waals surface area contributed by atoms with Crippen molar-refractivity contribution < 1.29 is 4.79 Å². The van der Waals surface area contributed by atoms with Gasteiger partial charge in [0.1, 0.15) is 0 Å². The van der Waals surface area contributed by atoms with E-state index in [1.807, 2.05) is 6.92 Å². The maximum Gasteiger partial charge on any atom is 0.225 e. The van der Waals surface area contributed by atoms with Gasteiger partial charge in [-0.15, -0.1) is 0 Å². The molecule has 0 radical (unpaired) electrons. The van der Waals surface area contributed by atoms with Crippen LogP contribution in [-0.4, -0.2) is 34.9 Å². The van der Waals surface area contributed by atoms with Gasteiger partial charge in [-0.25, -0.2) is 0 Å². The SMILES string of the molecule is Cc1ncc(NC(=O)C[C@@H]2CCCN2CC2CCCC2)cc1N. The first-order valence-electron chi connectivity index (χ1n) is 8.88. The fourth-order valence-corrected chi connectivity index (χ4v) is 3.94. The summed E-state index contributed by atoms with van der Waals surface area (Å²) in [5.74, 6) is 0.915. The zero-order valence-electron chi connectivity index (χ0n) is 14.1. The number of nitrogens with zero attached hydrogens (tertiary/aromatic N) is 2. The quantitative estimate of drug-likeness (QED) is 0.876. The molecule has 1 saturated carbocycles. The average Bonchev–Trinajstić information content (AvgIpc) is 3.16. The van der Waals surface area contributed by atoms with Crippen LogP contribution in [0.15, 0.2) is 12.3 Å². The Balaban J connectivity index is 1.52. The van der Waals surface area contributed by atoms with Crippen molar-refractivity contribution in [3.05, 3.63) is 18.0 Å². The molecule has 5 nitrogen and oxygen atoms in total. The second kappa shape index (κ2) is 7.30. The number of carbonyl (C=O) groups is 1. The standard InChI is InChI=1S/C18H28N4O/c1-13-17(19)9-15(11-20-13)21-18(23)10-16-7-4-8-22(16)12-14-5-2-3-6-14/h9,11,14,16H,2-8,10,12,19H2,1H3,(H,21,23)/t16-/m0/s1. The predicted molar refractivity (Wildman–Crippen MR) is 93.2 cm³/mol. The predicted octanol–water partition coefficient (Wildman–Crippen LogP) is 2.96. The Labute approximate surface area is 138 Å². The summed E-state index contributed by atoms with van der Waals surface area (Å²) in [7, 11) is 0. The molecule has 0 unspecified atom stereocenters. The van der Waals surface area contributed by atoms with E-state index in [1.54, 1.807) is 12.3 Å². The van der Waals surface area contributed by atoms with Crippen LogP contribution in [0.3, 0.4) is 0 Å². The number of anilines is 2. The number of aromatic nitrogens is 1. The van der Waals surface area contributed by atoms with Crippen molar-refractivity contribution >= 4 is 17.3 Å². The highest BCUT2D eigenvalue weighted by Crippen LogP contribution is 2.29. The Bertz CT molecular complexity index is 554. The van der Waals surface area contributed by atoms with Crippen LogP contribution >= 0.6 is 0 Å². The third kappa shape index (κ3) is 4.22. The van der Waals surface area contributed by atoms with Crippen molar-refractivity contribution in [3.63, 3.8) is 0 Å². The summed E-state index contributed by atoms with van der Waals surface area (Å²) in [6, 6.07) is 2.18. The summed E-state index contributed by atoms with van der Waals surface area (Å²) in [5, 5.41) is 2.94. The topological polar surface area (TPSA) is 71.2 Å². The lowest BCUT2D eigenvalue weighted by Gasteiger charge is -2.26. The lowest BCUT2D eigenvalue weighted by molar-refractivity contribution is -0.117. The maximum absolute atomic E-state index is 12.3. The van der Waals surface area contributed by atoms with Crippen LogP contribution in [0.1, 0.15) is 50.6 Å². The average molecular weight is 316 g/mol. The highest BCUT2D eigenvalue weighted by Gasteiger charge is 2.29. The van der Waals surface area contributed by atoms with Crippen LogP contribution in [0, 0.1) is 12.8 Å². The molecule has 1 atom stereocenters. The molecule has 2 heterocycles. The monoisotopic (exact) mass is 316 g/mol. The molecule has 0 aromatic carbocycles. The molecule has 1 aromatic rings. The van der Waals surface area contributed by atoms with Gasteiger partial charge in [0.2, 0.25) is 5.91 Å². The summed E-state index contributed by atoms with van der Waals surface area (Å²) in [6.45, 7) is 4.19. The van der Waals surface area contributed by atoms with E-state index in [0.29, 0.717) is 23.8 Å². The molecule has 1 saturated heterocycles. The van der Waals surface area contributed by atoms with Gasteiger partial charge >= 0.3 is 0 Å². The van der Waals surface area contributed by atoms with Gasteiger partial charge in [0, 0.05) is 19.0 Å². The molecule has 0 bridgehead atoms. The summed E-state index contributed by atoms with van der Waals surface area (Å²) >= 11 is 0. The van der Waals surface area contributed by atoms with Gasteiger partial charge < -0.3 is 11.1 Å². The highest BCUT2D eigenvalue weighted by molar-refractivity contribution is 5.91. The maximum atomic E-state index is 12.3. The molecule has 3 N–H and O–H groups in total. The van der Waals surface area contributed by atoms with E-state index in [0.717, 1.165) is 24.6 Å². The molecular weight excluding hydrogens is 288 g/mol. The fraction of sp³-hybridized carbons (Fsp3) is 0.667. The van der Waals surface area contributed by atoms with Crippen LogP contribution in [0.25, 0.3) is 0 Å². The minimum absolute atomic E-state index is 0.0679. The van der Waals surface area contributed by atoms with Crippen molar-refractivity contribution in [3.8, 4) is 0 Å². The molecule has 23 heavy (non-hydrogen) atoms. The molecule has 0 spiro atoms. The first kappa shape index (κ1) is 16.2. The van der Waals surface area contributed by atoms with Crippen molar-refractivity contribution in [2.75, 3.05) is 24.1 Å². The number of nitrogens with one attached hydrogen (secondary N) is 1. The summed E-state index contributed by atoms with van der Waals surface area (Å²) in [5.41, 5.74) is 7.95. The van der Waals surface area contributed by atoms with Crippen LogP contribution in [-0.2, 0) is 4.79 Å². The van der Waals surface area contributed by atoms with E-state index >= 15 is 0 Å². The number of nitrogen functional groups attached to an aromatic ring is 1. The van der Waals surface area contributed by atoms with E-state index in [9.17, 15) is 4.79 Å². The van der Waals surface area contributed by atoms with Crippen molar-refractivity contribution in [2.24, 2.45) is 5.92 Å². The largest absolute Gasteiger partial charge is 0.397 e.